The maximum absolute atomic E-state index is 14.1. The Labute approximate surface area is 320 Å². The van der Waals surface area contributed by atoms with Crippen LogP contribution in [0.4, 0.5) is 0 Å². The highest BCUT2D eigenvalue weighted by Crippen LogP contribution is 2.40. The Morgan fingerprint density at radius 1 is 0.796 bits per heavy atom. The standard InChI is InChI=1S/C45H56N4O5/c1-8-9-10-11-12-25-54-37-23-19-30(20-24-37)34-26-46-40(47-27-34)32-15-13-31(14-16-32)38(45(5,6)7)39(42(51)49-28-35(29-49)43(52)53)48-41(50)33-17-21-36(22-18-33)44(2,3)4/h13-24,26-27,35,38-39H,8-12,25,28-29H2,1-7H3,(H,48,50)(H,52,53). The number of carboxylic acids is 1. The minimum atomic E-state index is -0.932. The highest BCUT2D eigenvalue weighted by Gasteiger charge is 2.45. The number of aromatic nitrogens is 2. The monoisotopic (exact) mass is 732 g/mol. The lowest BCUT2D eigenvalue weighted by Crippen LogP contribution is -2.61. The van der Waals surface area contributed by atoms with Gasteiger partial charge in [0, 0.05) is 48.1 Å². The predicted octanol–water partition coefficient (Wildman–Crippen LogP) is 8.93. The average molecular weight is 733 g/mol. The van der Waals surface area contributed by atoms with Gasteiger partial charge in [0.2, 0.25) is 5.91 Å². The Kier molecular flexibility index (Phi) is 12.9. The molecule has 0 saturated carbocycles. The summed E-state index contributed by atoms with van der Waals surface area (Å²) in [6, 6.07) is 22.3. The molecule has 2 N–H and O–H groups in total. The van der Waals surface area contributed by atoms with Crippen molar-refractivity contribution in [2.75, 3.05) is 19.7 Å². The number of aliphatic carboxylic acids is 1. The second-order valence-corrected chi connectivity index (χ2v) is 16.6. The predicted molar refractivity (Wildman–Crippen MR) is 213 cm³/mol. The second kappa shape index (κ2) is 17.4. The number of nitrogens with zero attached hydrogens (tertiary/aromatic N) is 3. The van der Waals surface area contributed by atoms with Gasteiger partial charge in [0.1, 0.15) is 11.8 Å². The number of ether oxygens (including phenoxy) is 1. The molecule has 2 amide bonds. The summed E-state index contributed by atoms with van der Waals surface area (Å²) in [6.45, 7) is 15.6. The van der Waals surface area contributed by atoms with Crippen molar-refractivity contribution in [1.29, 1.82) is 0 Å². The minimum absolute atomic E-state index is 0.0724. The van der Waals surface area contributed by atoms with Crippen molar-refractivity contribution in [2.24, 2.45) is 11.3 Å². The first-order valence-corrected chi connectivity index (χ1v) is 19.2. The summed E-state index contributed by atoms with van der Waals surface area (Å²) in [5.74, 6) is -1.20. The van der Waals surface area contributed by atoms with Gasteiger partial charge in [-0.15, -0.1) is 0 Å². The van der Waals surface area contributed by atoms with Crippen molar-refractivity contribution in [3.05, 3.63) is 102 Å². The molecule has 0 radical (unpaired) electrons. The maximum Gasteiger partial charge on any atom is 0.310 e. The topological polar surface area (TPSA) is 122 Å². The van der Waals surface area contributed by atoms with Crippen molar-refractivity contribution in [3.8, 4) is 28.3 Å². The quantitative estimate of drug-likeness (QED) is 0.117. The van der Waals surface area contributed by atoms with E-state index in [-0.39, 0.29) is 30.3 Å². The van der Waals surface area contributed by atoms with Gasteiger partial charge < -0.3 is 20.1 Å². The molecule has 286 valence electrons. The zero-order valence-corrected chi connectivity index (χ0v) is 32.9. The van der Waals surface area contributed by atoms with Gasteiger partial charge in [-0.3, -0.25) is 14.4 Å². The number of carboxylic acid groups (broad SMARTS) is 1. The number of carbonyl (C=O) groups excluding carboxylic acids is 2. The fourth-order valence-corrected chi connectivity index (χ4v) is 6.94. The van der Waals surface area contributed by atoms with Crippen LogP contribution in [0.5, 0.6) is 5.75 Å². The summed E-state index contributed by atoms with van der Waals surface area (Å²) >= 11 is 0. The summed E-state index contributed by atoms with van der Waals surface area (Å²) in [7, 11) is 0. The molecule has 1 fully saturated rings. The van der Waals surface area contributed by atoms with Crippen LogP contribution in [-0.2, 0) is 15.0 Å². The number of benzene rings is 3. The van der Waals surface area contributed by atoms with Gasteiger partial charge in [0.05, 0.1) is 12.5 Å². The summed E-state index contributed by atoms with van der Waals surface area (Å²) in [5.41, 5.74) is 4.60. The molecular weight excluding hydrogens is 677 g/mol. The van der Waals surface area contributed by atoms with Crippen molar-refractivity contribution >= 4 is 17.8 Å². The van der Waals surface area contributed by atoms with Gasteiger partial charge in [-0.05, 0) is 58.2 Å². The fourth-order valence-electron chi connectivity index (χ4n) is 6.94. The number of carbonyl (C=O) groups is 3. The molecule has 1 aliphatic rings. The minimum Gasteiger partial charge on any atom is -0.494 e. The molecule has 0 aliphatic carbocycles. The number of hydrogen-bond acceptors (Lipinski definition) is 6. The Hall–Kier alpha value is -5.05. The second-order valence-electron chi connectivity index (χ2n) is 16.6. The Bertz CT molecular complexity index is 1850. The molecule has 9 nitrogen and oxygen atoms in total. The summed E-state index contributed by atoms with van der Waals surface area (Å²) in [4.78, 5) is 50.4. The third-order valence-electron chi connectivity index (χ3n) is 10.3. The summed E-state index contributed by atoms with van der Waals surface area (Å²) < 4.78 is 5.92. The van der Waals surface area contributed by atoms with Crippen LogP contribution in [0.15, 0.2) is 85.2 Å². The lowest BCUT2D eigenvalue weighted by Gasteiger charge is -2.43. The average Bonchev–Trinajstić information content (AvgIpc) is 3.11. The number of nitrogens with one attached hydrogen (secondary N) is 1. The molecule has 2 heterocycles. The van der Waals surface area contributed by atoms with Gasteiger partial charge in [0.25, 0.3) is 5.91 Å². The SMILES string of the molecule is CCCCCCCOc1ccc(-c2cnc(-c3ccc(C(C(NC(=O)c4ccc(C(C)(C)C)cc4)C(=O)N4CC(C(=O)O)C4)C(C)(C)C)cc3)nc2)cc1. The van der Waals surface area contributed by atoms with E-state index in [0.717, 1.165) is 46.6 Å². The van der Waals surface area contributed by atoms with Crippen LogP contribution in [-0.4, -0.2) is 63.5 Å². The molecule has 54 heavy (non-hydrogen) atoms. The fraction of sp³-hybridized carbons (Fsp3) is 0.444. The van der Waals surface area contributed by atoms with E-state index in [4.69, 9.17) is 4.74 Å². The van der Waals surface area contributed by atoms with E-state index in [2.05, 4.69) is 43.0 Å². The van der Waals surface area contributed by atoms with Gasteiger partial charge in [-0.2, -0.15) is 0 Å². The van der Waals surface area contributed by atoms with Crippen LogP contribution in [0, 0.1) is 11.3 Å². The van der Waals surface area contributed by atoms with Crippen LogP contribution in [0.1, 0.15) is 108 Å². The lowest BCUT2D eigenvalue weighted by atomic mass is 9.71. The zero-order valence-electron chi connectivity index (χ0n) is 32.9. The zero-order chi connectivity index (χ0) is 39.0. The molecule has 4 aromatic rings. The number of hydrogen-bond donors (Lipinski definition) is 2. The first-order valence-electron chi connectivity index (χ1n) is 19.2. The molecule has 2 unspecified atom stereocenters. The van der Waals surface area contributed by atoms with E-state index in [0.29, 0.717) is 11.4 Å². The molecule has 5 rings (SSSR count). The van der Waals surface area contributed by atoms with Crippen LogP contribution in [0.3, 0.4) is 0 Å². The Balaban J connectivity index is 1.33. The van der Waals surface area contributed by atoms with Crippen molar-refractivity contribution in [2.45, 2.75) is 97.9 Å². The highest BCUT2D eigenvalue weighted by atomic mass is 16.5. The lowest BCUT2D eigenvalue weighted by molar-refractivity contribution is -0.154. The highest BCUT2D eigenvalue weighted by molar-refractivity contribution is 5.98. The van der Waals surface area contributed by atoms with Gasteiger partial charge in [-0.25, -0.2) is 9.97 Å². The van der Waals surface area contributed by atoms with Crippen molar-refractivity contribution in [3.63, 3.8) is 0 Å². The molecule has 1 saturated heterocycles. The first kappa shape index (κ1) is 40.1. The molecule has 3 aromatic carbocycles. The number of amides is 2. The maximum atomic E-state index is 14.1. The Morgan fingerprint density at radius 3 is 1.94 bits per heavy atom. The number of likely N-dealkylation sites (tertiary alicyclic amines) is 1. The Morgan fingerprint density at radius 2 is 1.39 bits per heavy atom. The van der Waals surface area contributed by atoms with Crippen molar-refractivity contribution < 1.29 is 24.2 Å². The molecule has 1 aromatic heterocycles. The van der Waals surface area contributed by atoms with Crippen LogP contribution < -0.4 is 10.1 Å². The van der Waals surface area contributed by atoms with E-state index in [9.17, 15) is 19.5 Å². The molecule has 0 bridgehead atoms. The molecule has 1 aliphatic heterocycles. The summed E-state index contributed by atoms with van der Waals surface area (Å²) in [5, 5.41) is 12.6. The third-order valence-corrected chi connectivity index (χ3v) is 10.3. The smallest absolute Gasteiger partial charge is 0.310 e. The van der Waals surface area contributed by atoms with Gasteiger partial charge >= 0.3 is 5.97 Å². The first-order chi connectivity index (χ1) is 25.7. The largest absolute Gasteiger partial charge is 0.494 e. The van der Waals surface area contributed by atoms with Crippen LogP contribution >= 0.6 is 0 Å². The molecule has 0 spiro atoms. The molecular formula is C45H56N4O5. The molecule has 2 atom stereocenters. The van der Waals surface area contributed by atoms with Gasteiger partial charge in [0.15, 0.2) is 5.82 Å². The van der Waals surface area contributed by atoms with Crippen LogP contribution in [0.2, 0.25) is 0 Å². The number of unbranched alkanes of at least 4 members (excludes halogenated alkanes) is 4. The van der Waals surface area contributed by atoms with Crippen molar-refractivity contribution in [1.82, 2.24) is 20.2 Å². The van der Waals surface area contributed by atoms with E-state index >= 15 is 0 Å². The number of rotatable bonds is 15. The van der Waals surface area contributed by atoms with Crippen LogP contribution in [0.25, 0.3) is 22.5 Å². The van der Waals surface area contributed by atoms with E-state index in [1.165, 1.54) is 30.6 Å². The normalized spacial score (nSPS) is 14.5. The van der Waals surface area contributed by atoms with E-state index in [1.807, 2.05) is 93.8 Å². The van der Waals surface area contributed by atoms with E-state index < -0.39 is 29.3 Å². The van der Waals surface area contributed by atoms with E-state index in [1.54, 1.807) is 12.1 Å². The summed E-state index contributed by atoms with van der Waals surface area (Å²) in [6.07, 6.45) is 9.63. The van der Waals surface area contributed by atoms with Gasteiger partial charge in [-0.1, -0.05) is 123 Å². The third kappa shape index (κ3) is 10.1. The molecule has 9 heteroatoms.